The van der Waals surface area contributed by atoms with E-state index in [0.29, 0.717) is 29.4 Å². The SMILES string of the molecule is Cc1cc(NC(=O)C(C)(C)C)sc1C(=O)N1CCC[C@@H](NS(C)(=O)=O)C1. The van der Waals surface area contributed by atoms with Crippen molar-refractivity contribution in [2.24, 2.45) is 5.41 Å². The Kier molecular flexibility index (Phi) is 6.14. The standard InChI is InChI=1S/C17H27N3O4S2/c1-11-9-13(18-16(22)17(2,3)4)25-14(11)15(21)20-8-6-7-12(10-20)19-26(5,23)24/h9,12,19H,6-8,10H2,1-5H3,(H,18,22)/t12-/m1/s1. The van der Waals surface area contributed by atoms with Crippen LogP contribution in [0.25, 0.3) is 0 Å². The Morgan fingerprint density at radius 1 is 1.31 bits per heavy atom. The summed E-state index contributed by atoms with van der Waals surface area (Å²) in [4.78, 5) is 27.3. The Hall–Kier alpha value is -1.45. The van der Waals surface area contributed by atoms with Gasteiger partial charge < -0.3 is 10.2 Å². The fraction of sp³-hybridized carbons (Fsp3) is 0.647. The van der Waals surface area contributed by atoms with Crippen LogP contribution in [-0.2, 0) is 14.8 Å². The number of thiophene rings is 1. The van der Waals surface area contributed by atoms with Crippen LogP contribution in [0.2, 0.25) is 0 Å². The first-order valence-corrected chi connectivity index (χ1v) is 11.3. The molecular formula is C17H27N3O4S2. The predicted octanol–water partition coefficient (Wildman–Crippen LogP) is 2.19. The number of rotatable bonds is 4. The van der Waals surface area contributed by atoms with Gasteiger partial charge in [-0.25, -0.2) is 13.1 Å². The molecular weight excluding hydrogens is 374 g/mol. The molecule has 2 N–H and O–H groups in total. The smallest absolute Gasteiger partial charge is 0.264 e. The van der Waals surface area contributed by atoms with E-state index < -0.39 is 15.4 Å². The lowest BCUT2D eigenvalue weighted by molar-refractivity contribution is -0.123. The highest BCUT2D eigenvalue weighted by Gasteiger charge is 2.28. The number of hydrogen-bond donors (Lipinski definition) is 2. The van der Waals surface area contributed by atoms with E-state index in [1.807, 2.05) is 27.7 Å². The van der Waals surface area contributed by atoms with Crippen LogP contribution in [0.5, 0.6) is 0 Å². The molecule has 0 saturated carbocycles. The summed E-state index contributed by atoms with van der Waals surface area (Å²) in [7, 11) is -3.30. The van der Waals surface area contributed by atoms with Crippen LogP contribution in [0.15, 0.2) is 6.07 Å². The molecule has 7 nitrogen and oxygen atoms in total. The average molecular weight is 402 g/mol. The molecule has 2 amide bonds. The molecule has 0 radical (unpaired) electrons. The summed E-state index contributed by atoms with van der Waals surface area (Å²) in [6, 6.07) is 1.54. The van der Waals surface area contributed by atoms with Gasteiger partial charge in [-0.3, -0.25) is 9.59 Å². The first-order chi connectivity index (χ1) is 11.9. The molecule has 26 heavy (non-hydrogen) atoms. The number of nitrogens with one attached hydrogen (secondary N) is 2. The molecule has 1 aromatic rings. The second-order valence-electron chi connectivity index (χ2n) is 7.81. The lowest BCUT2D eigenvalue weighted by Gasteiger charge is -2.32. The number of hydrogen-bond acceptors (Lipinski definition) is 5. The highest BCUT2D eigenvalue weighted by atomic mass is 32.2. The van der Waals surface area contributed by atoms with Crippen molar-refractivity contribution in [3.05, 3.63) is 16.5 Å². The van der Waals surface area contributed by atoms with E-state index in [4.69, 9.17) is 0 Å². The molecule has 0 aliphatic carbocycles. The highest BCUT2D eigenvalue weighted by Crippen LogP contribution is 2.30. The summed E-state index contributed by atoms with van der Waals surface area (Å²) in [5.74, 6) is -0.225. The van der Waals surface area contributed by atoms with Gasteiger partial charge in [-0.05, 0) is 31.4 Å². The van der Waals surface area contributed by atoms with Crippen molar-refractivity contribution in [1.82, 2.24) is 9.62 Å². The minimum atomic E-state index is -3.30. The number of anilines is 1. The van der Waals surface area contributed by atoms with Gasteiger partial charge in [0.25, 0.3) is 5.91 Å². The molecule has 1 fully saturated rings. The van der Waals surface area contributed by atoms with E-state index in [0.717, 1.165) is 18.2 Å². The predicted molar refractivity (Wildman–Crippen MR) is 104 cm³/mol. The third-order valence-corrected chi connectivity index (χ3v) is 6.02. The summed E-state index contributed by atoms with van der Waals surface area (Å²) in [5, 5.41) is 3.50. The lowest BCUT2D eigenvalue weighted by atomic mass is 9.96. The van der Waals surface area contributed by atoms with E-state index in [1.165, 1.54) is 11.3 Å². The second-order valence-corrected chi connectivity index (χ2v) is 10.6. The van der Waals surface area contributed by atoms with Crippen LogP contribution in [-0.4, -0.2) is 50.5 Å². The zero-order valence-corrected chi connectivity index (χ0v) is 17.5. The number of piperidine rings is 1. The third kappa shape index (κ3) is 5.52. The summed E-state index contributed by atoms with van der Waals surface area (Å²) < 4.78 is 25.5. The van der Waals surface area contributed by atoms with Gasteiger partial charge >= 0.3 is 0 Å². The number of amides is 2. The fourth-order valence-electron chi connectivity index (χ4n) is 2.76. The molecule has 0 spiro atoms. The number of carbonyl (C=O) groups is 2. The normalized spacial score (nSPS) is 18.7. The van der Waals surface area contributed by atoms with Gasteiger partial charge in [0.2, 0.25) is 15.9 Å². The monoisotopic (exact) mass is 401 g/mol. The van der Waals surface area contributed by atoms with Gasteiger partial charge in [-0.2, -0.15) is 0 Å². The van der Waals surface area contributed by atoms with Crippen molar-refractivity contribution >= 4 is 38.2 Å². The Morgan fingerprint density at radius 3 is 2.54 bits per heavy atom. The quantitative estimate of drug-likeness (QED) is 0.808. The van der Waals surface area contributed by atoms with E-state index in [2.05, 4.69) is 10.0 Å². The van der Waals surface area contributed by atoms with Crippen LogP contribution in [0, 0.1) is 12.3 Å². The molecule has 1 aliphatic heterocycles. The Balaban J connectivity index is 2.11. The summed E-state index contributed by atoms with van der Waals surface area (Å²) in [5.41, 5.74) is 0.293. The number of aryl methyl sites for hydroxylation is 1. The van der Waals surface area contributed by atoms with Gasteiger partial charge in [-0.15, -0.1) is 11.3 Å². The van der Waals surface area contributed by atoms with E-state index >= 15 is 0 Å². The molecule has 1 aromatic heterocycles. The van der Waals surface area contributed by atoms with Gasteiger partial charge in [-0.1, -0.05) is 20.8 Å². The summed E-state index contributed by atoms with van der Waals surface area (Å²) >= 11 is 1.26. The maximum atomic E-state index is 12.9. The van der Waals surface area contributed by atoms with Crippen molar-refractivity contribution in [3.8, 4) is 0 Å². The Bertz CT molecular complexity index is 793. The zero-order chi connectivity index (χ0) is 19.7. The van der Waals surface area contributed by atoms with Crippen molar-refractivity contribution in [2.75, 3.05) is 24.7 Å². The summed E-state index contributed by atoms with van der Waals surface area (Å²) in [6.07, 6.45) is 2.59. The molecule has 1 atom stereocenters. The van der Waals surface area contributed by atoms with E-state index in [-0.39, 0.29) is 17.9 Å². The van der Waals surface area contributed by atoms with Gasteiger partial charge in [0, 0.05) is 24.5 Å². The number of nitrogens with zero attached hydrogens (tertiary/aromatic N) is 1. The summed E-state index contributed by atoms with van der Waals surface area (Å²) in [6.45, 7) is 8.29. The average Bonchev–Trinajstić information content (AvgIpc) is 2.84. The molecule has 0 bridgehead atoms. The minimum absolute atomic E-state index is 0.104. The van der Waals surface area contributed by atoms with Crippen molar-refractivity contribution < 1.29 is 18.0 Å². The molecule has 1 aliphatic rings. The second kappa shape index (κ2) is 7.66. The molecule has 9 heteroatoms. The van der Waals surface area contributed by atoms with E-state index in [9.17, 15) is 18.0 Å². The molecule has 1 saturated heterocycles. The van der Waals surface area contributed by atoms with Gasteiger partial charge in [0.1, 0.15) is 0 Å². The maximum absolute atomic E-state index is 12.9. The number of sulfonamides is 1. The third-order valence-electron chi connectivity index (χ3n) is 4.12. The van der Waals surface area contributed by atoms with Gasteiger partial charge in [0.15, 0.2) is 0 Å². The van der Waals surface area contributed by atoms with Crippen molar-refractivity contribution in [3.63, 3.8) is 0 Å². The van der Waals surface area contributed by atoms with E-state index in [1.54, 1.807) is 11.0 Å². The first kappa shape index (κ1) is 20.9. The zero-order valence-electron chi connectivity index (χ0n) is 15.9. The molecule has 2 heterocycles. The van der Waals surface area contributed by atoms with Crippen LogP contribution >= 0.6 is 11.3 Å². The largest absolute Gasteiger partial charge is 0.336 e. The maximum Gasteiger partial charge on any atom is 0.264 e. The van der Waals surface area contributed by atoms with Crippen molar-refractivity contribution in [1.29, 1.82) is 0 Å². The first-order valence-electron chi connectivity index (χ1n) is 8.55. The van der Waals surface area contributed by atoms with Gasteiger partial charge in [0.05, 0.1) is 16.1 Å². The molecule has 2 rings (SSSR count). The highest BCUT2D eigenvalue weighted by molar-refractivity contribution is 7.88. The molecule has 146 valence electrons. The van der Waals surface area contributed by atoms with Crippen molar-refractivity contribution in [2.45, 2.75) is 46.6 Å². The lowest BCUT2D eigenvalue weighted by Crippen LogP contribution is -2.49. The minimum Gasteiger partial charge on any atom is -0.336 e. The van der Waals surface area contributed by atoms with Crippen LogP contribution in [0.3, 0.4) is 0 Å². The molecule has 0 unspecified atom stereocenters. The fourth-order valence-corrected chi connectivity index (χ4v) is 4.59. The Morgan fingerprint density at radius 2 is 1.96 bits per heavy atom. The Labute approximate surface area is 159 Å². The topological polar surface area (TPSA) is 95.6 Å². The molecule has 0 aromatic carbocycles. The van der Waals surface area contributed by atoms with Crippen LogP contribution in [0.1, 0.15) is 48.8 Å². The van der Waals surface area contributed by atoms with Crippen LogP contribution < -0.4 is 10.0 Å². The number of likely N-dealkylation sites (tertiary alicyclic amines) is 1. The number of carbonyl (C=O) groups excluding carboxylic acids is 2. The van der Waals surface area contributed by atoms with Crippen LogP contribution in [0.4, 0.5) is 5.00 Å².